The Kier molecular flexibility index (Phi) is 2.01. The molecule has 0 radical (unpaired) electrons. The zero-order valence-corrected chi connectivity index (χ0v) is 5.56. The molecule has 50 valence electrons. The second-order valence-electron chi connectivity index (χ2n) is 1.72. The first kappa shape index (κ1) is 6.76. The van der Waals surface area contributed by atoms with Gasteiger partial charge in [-0.25, -0.2) is 4.98 Å². The average molecular weight is 135 g/mol. The van der Waals surface area contributed by atoms with Gasteiger partial charge >= 0.3 is 0 Å². The lowest BCUT2D eigenvalue weighted by Crippen LogP contribution is -1.85. The minimum absolute atomic E-state index is 0.352. The highest BCUT2D eigenvalue weighted by molar-refractivity contribution is 5.31. The summed E-state index contributed by atoms with van der Waals surface area (Å²) in [6.45, 7) is 1.66. The smallest absolute Gasteiger partial charge is 0.227 e. The molecular weight excluding hydrogens is 129 g/mol. The summed E-state index contributed by atoms with van der Waals surface area (Å²) in [7, 11) is 0. The summed E-state index contributed by atoms with van der Waals surface area (Å²) in [5.41, 5.74) is 0.352. The molecule has 0 saturated carbocycles. The molecule has 0 aromatic carbocycles. The van der Waals surface area contributed by atoms with Crippen LogP contribution in [0, 0.1) is 17.8 Å². The van der Waals surface area contributed by atoms with Gasteiger partial charge in [-0.1, -0.05) is 5.92 Å². The summed E-state index contributed by atoms with van der Waals surface area (Å²) in [5, 5.41) is 0. The number of pyridine rings is 1. The van der Waals surface area contributed by atoms with Gasteiger partial charge in [0.1, 0.15) is 0 Å². The largest absolute Gasteiger partial charge is 0.228 e. The summed E-state index contributed by atoms with van der Waals surface area (Å²) in [4.78, 5) is 3.43. The van der Waals surface area contributed by atoms with Gasteiger partial charge in [0, 0.05) is 6.20 Å². The van der Waals surface area contributed by atoms with E-state index in [-0.39, 0.29) is 0 Å². The fourth-order valence-electron chi connectivity index (χ4n) is 0.614. The van der Waals surface area contributed by atoms with Crippen LogP contribution >= 0.6 is 0 Å². The molecule has 0 aliphatic carbocycles. The third-order valence-electron chi connectivity index (χ3n) is 1.02. The highest BCUT2D eigenvalue weighted by atomic mass is 19.1. The van der Waals surface area contributed by atoms with Crippen LogP contribution in [0.4, 0.5) is 4.39 Å². The van der Waals surface area contributed by atoms with Gasteiger partial charge in [-0.3, -0.25) is 0 Å². The molecule has 0 amide bonds. The van der Waals surface area contributed by atoms with E-state index >= 15 is 0 Å². The molecule has 0 bridgehead atoms. The van der Waals surface area contributed by atoms with Crippen LogP contribution in [0.3, 0.4) is 0 Å². The molecule has 10 heavy (non-hydrogen) atoms. The van der Waals surface area contributed by atoms with Crippen molar-refractivity contribution in [3.8, 4) is 11.8 Å². The summed E-state index contributed by atoms with van der Waals surface area (Å²) < 4.78 is 12.6. The minimum Gasteiger partial charge on any atom is -0.227 e. The Morgan fingerprint density at radius 2 is 2.40 bits per heavy atom. The van der Waals surface area contributed by atoms with E-state index in [2.05, 4.69) is 16.8 Å². The van der Waals surface area contributed by atoms with E-state index in [1.54, 1.807) is 19.1 Å². The predicted molar refractivity (Wildman–Crippen MR) is 36.7 cm³/mol. The minimum atomic E-state index is -0.503. The van der Waals surface area contributed by atoms with Crippen molar-refractivity contribution in [1.29, 1.82) is 0 Å². The van der Waals surface area contributed by atoms with E-state index in [0.29, 0.717) is 5.56 Å². The SMILES string of the molecule is CC#Cc1cccnc1F. The topological polar surface area (TPSA) is 12.9 Å². The maximum atomic E-state index is 12.6. The van der Waals surface area contributed by atoms with Crippen LogP contribution in [0.2, 0.25) is 0 Å². The number of rotatable bonds is 0. The van der Waals surface area contributed by atoms with E-state index in [4.69, 9.17) is 0 Å². The maximum absolute atomic E-state index is 12.6. The first-order valence-corrected chi connectivity index (χ1v) is 2.88. The van der Waals surface area contributed by atoms with Gasteiger partial charge < -0.3 is 0 Å². The summed E-state index contributed by atoms with van der Waals surface area (Å²) in [6, 6.07) is 3.25. The molecule has 0 unspecified atom stereocenters. The van der Waals surface area contributed by atoms with Gasteiger partial charge in [0.25, 0.3) is 0 Å². The monoisotopic (exact) mass is 135 g/mol. The van der Waals surface area contributed by atoms with Crippen LogP contribution in [-0.4, -0.2) is 4.98 Å². The molecule has 1 heterocycles. The van der Waals surface area contributed by atoms with Gasteiger partial charge in [-0.15, -0.1) is 5.92 Å². The van der Waals surface area contributed by atoms with Crippen molar-refractivity contribution in [3.63, 3.8) is 0 Å². The lowest BCUT2D eigenvalue weighted by Gasteiger charge is -1.88. The van der Waals surface area contributed by atoms with Crippen LogP contribution in [-0.2, 0) is 0 Å². The van der Waals surface area contributed by atoms with Gasteiger partial charge in [0.2, 0.25) is 5.95 Å². The van der Waals surface area contributed by atoms with Crippen molar-refractivity contribution < 1.29 is 4.39 Å². The summed E-state index contributed by atoms with van der Waals surface area (Å²) in [6.07, 6.45) is 1.40. The maximum Gasteiger partial charge on any atom is 0.228 e. The molecule has 0 saturated heterocycles. The van der Waals surface area contributed by atoms with Crippen LogP contribution in [0.5, 0.6) is 0 Å². The fourth-order valence-corrected chi connectivity index (χ4v) is 0.614. The average Bonchev–Trinajstić information content (AvgIpc) is 1.94. The Hall–Kier alpha value is -1.36. The van der Waals surface area contributed by atoms with E-state index in [1.165, 1.54) is 6.20 Å². The van der Waals surface area contributed by atoms with E-state index in [9.17, 15) is 4.39 Å². The van der Waals surface area contributed by atoms with Crippen molar-refractivity contribution in [1.82, 2.24) is 4.98 Å². The Morgan fingerprint density at radius 3 is 3.00 bits per heavy atom. The number of nitrogens with zero attached hydrogens (tertiary/aromatic N) is 1. The Bertz CT molecular complexity index is 283. The van der Waals surface area contributed by atoms with E-state index in [1.807, 2.05) is 0 Å². The van der Waals surface area contributed by atoms with Crippen LogP contribution < -0.4 is 0 Å². The van der Waals surface area contributed by atoms with Gasteiger partial charge in [0.15, 0.2) is 0 Å². The van der Waals surface area contributed by atoms with Crippen LogP contribution in [0.25, 0.3) is 0 Å². The number of hydrogen-bond acceptors (Lipinski definition) is 1. The molecular formula is C8H6FN. The molecule has 0 spiro atoms. The second kappa shape index (κ2) is 2.98. The Balaban J connectivity index is 3.11. The first-order valence-electron chi connectivity index (χ1n) is 2.88. The molecule has 1 aromatic rings. The third kappa shape index (κ3) is 1.32. The van der Waals surface area contributed by atoms with Gasteiger partial charge in [-0.05, 0) is 19.1 Å². The first-order chi connectivity index (χ1) is 4.84. The molecule has 1 nitrogen and oxygen atoms in total. The van der Waals surface area contributed by atoms with Crippen LogP contribution in [0.1, 0.15) is 12.5 Å². The van der Waals surface area contributed by atoms with Crippen LogP contribution in [0.15, 0.2) is 18.3 Å². The molecule has 0 atom stereocenters. The normalized spacial score (nSPS) is 8.20. The molecule has 1 rings (SSSR count). The lowest BCUT2D eigenvalue weighted by molar-refractivity contribution is 0.580. The zero-order valence-electron chi connectivity index (χ0n) is 5.56. The highest BCUT2D eigenvalue weighted by Crippen LogP contribution is 1.99. The number of hydrogen-bond donors (Lipinski definition) is 0. The lowest BCUT2D eigenvalue weighted by atomic mass is 10.3. The molecule has 1 aromatic heterocycles. The molecule has 0 fully saturated rings. The fraction of sp³-hybridized carbons (Fsp3) is 0.125. The Morgan fingerprint density at radius 1 is 1.60 bits per heavy atom. The Labute approximate surface area is 58.9 Å². The van der Waals surface area contributed by atoms with Gasteiger partial charge in [0.05, 0.1) is 5.56 Å². The molecule has 0 aliphatic heterocycles. The zero-order chi connectivity index (χ0) is 7.40. The quantitative estimate of drug-likeness (QED) is 0.389. The standard InChI is InChI=1S/C8H6FN/c1-2-4-7-5-3-6-10-8(7)9/h3,5-6H,1H3. The summed E-state index contributed by atoms with van der Waals surface area (Å²) in [5.74, 6) is 4.68. The second-order valence-corrected chi connectivity index (χ2v) is 1.72. The predicted octanol–water partition coefficient (Wildman–Crippen LogP) is 1.59. The molecule has 2 heteroatoms. The van der Waals surface area contributed by atoms with Crippen molar-refractivity contribution in [2.75, 3.05) is 0 Å². The van der Waals surface area contributed by atoms with Crippen molar-refractivity contribution in [3.05, 3.63) is 29.8 Å². The number of aromatic nitrogens is 1. The van der Waals surface area contributed by atoms with Crippen molar-refractivity contribution >= 4 is 0 Å². The van der Waals surface area contributed by atoms with Crippen molar-refractivity contribution in [2.45, 2.75) is 6.92 Å². The van der Waals surface area contributed by atoms with E-state index in [0.717, 1.165) is 0 Å². The third-order valence-corrected chi connectivity index (χ3v) is 1.02. The number of halogens is 1. The summed E-state index contributed by atoms with van der Waals surface area (Å²) >= 11 is 0. The molecule has 0 N–H and O–H groups in total. The van der Waals surface area contributed by atoms with Crippen molar-refractivity contribution in [2.24, 2.45) is 0 Å². The van der Waals surface area contributed by atoms with Gasteiger partial charge in [-0.2, -0.15) is 4.39 Å². The van der Waals surface area contributed by atoms with E-state index < -0.39 is 5.95 Å². The highest BCUT2D eigenvalue weighted by Gasteiger charge is 1.94. The molecule has 0 aliphatic rings.